The van der Waals surface area contributed by atoms with Crippen LogP contribution in [-0.2, 0) is 13.5 Å². The Morgan fingerprint density at radius 2 is 1.79 bits per heavy atom. The maximum absolute atomic E-state index is 13.9. The average molecular weight is 479 g/mol. The molecule has 0 unspecified atom stereocenters. The van der Waals surface area contributed by atoms with Gasteiger partial charge in [-0.1, -0.05) is 37.6 Å². The van der Waals surface area contributed by atoms with Gasteiger partial charge in [0.05, 0.1) is 17.0 Å². The molecule has 8 heteroatoms. The summed E-state index contributed by atoms with van der Waals surface area (Å²) in [5, 5.41) is 7.59. The largest absolute Gasteiger partial charge is 0.294 e. The van der Waals surface area contributed by atoms with Crippen molar-refractivity contribution < 1.29 is 4.79 Å². The summed E-state index contributed by atoms with van der Waals surface area (Å²) in [5.41, 5.74) is 3.81. The number of rotatable bonds is 3. The Balaban J connectivity index is 1.74. The van der Waals surface area contributed by atoms with Crippen LogP contribution in [0.2, 0.25) is 5.02 Å². The fourth-order valence-electron chi connectivity index (χ4n) is 4.47. The Hall–Kier alpha value is -3.03. The summed E-state index contributed by atoms with van der Waals surface area (Å²) in [6, 6.07) is 11.0. The summed E-state index contributed by atoms with van der Waals surface area (Å²) in [6.45, 7) is 6.01. The van der Waals surface area contributed by atoms with E-state index in [1.807, 2.05) is 49.7 Å². The van der Waals surface area contributed by atoms with Gasteiger partial charge < -0.3 is 0 Å². The Bertz CT molecular complexity index is 1460. The zero-order valence-corrected chi connectivity index (χ0v) is 20.4. The molecule has 0 atom stereocenters. The molecule has 33 heavy (non-hydrogen) atoms. The number of Topliss-reactive ketones (excluding diaryl/α,β-unsaturated/α-hetero) is 1. The lowest BCUT2D eigenvalue weighted by Crippen LogP contribution is -2.35. The summed E-state index contributed by atoms with van der Waals surface area (Å²) in [7, 11) is 1.81. The summed E-state index contributed by atoms with van der Waals surface area (Å²) < 4.78 is 3.35. The molecule has 168 valence electrons. The molecule has 3 aromatic heterocycles. The van der Waals surface area contributed by atoms with Gasteiger partial charge in [-0.05, 0) is 37.0 Å². The molecule has 0 fully saturated rings. The van der Waals surface area contributed by atoms with Crippen LogP contribution in [0.3, 0.4) is 0 Å². The van der Waals surface area contributed by atoms with Crippen molar-refractivity contribution in [2.24, 2.45) is 12.5 Å². The number of aryl methyl sites for hydroxylation is 2. The first-order chi connectivity index (χ1) is 15.6. The van der Waals surface area contributed by atoms with Crippen molar-refractivity contribution in [3.05, 3.63) is 74.1 Å². The first kappa shape index (κ1) is 21.8. The third kappa shape index (κ3) is 3.85. The predicted molar refractivity (Wildman–Crippen MR) is 132 cm³/mol. The van der Waals surface area contributed by atoms with Crippen molar-refractivity contribution in [3.63, 3.8) is 0 Å². The van der Waals surface area contributed by atoms with Gasteiger partial charge in [0.1, 0.15) is 10.8 Å². The van der Waals surface area contributed by atoms with E-state index in [0.717, 1.165) is 22.6 Å². The monoisotopic (exact) mass is 478 g/mol. The smallest absolute Gasteiger partial charge is 0.266 e. The summed E-state index contributed by atoms with van der Waals surface area (Å²) in [4.78, 5) is 31.8. The highest BCUT2D eigenvalue weighted by Gasteiger charge is 2.35. The number of hydrogen-bond donors (Lipinski definition) is 0. The van der Waals surface area contributed by atoms with E-state index in [1.54, 1.807) is 15.3 Å². The maximum atomic E-state index is 13.9. The number of pyridine rings is 1. The maximum Gasteiger partial charge on any atom is 0.266 e. The van der Waals surface area contributed by atoms with Crippen LogP contribution in [0.4, 0.5) is 0 Å². The molecular formula is C25H23ClN4O2S. The number of aromatic nitrogens is 4. The van der Waals surface area contributed by atoms with E-state index in [2.05, 4.69) is 18.9 Å². The minimum atomic E-state index is -0.226. The van der Waals surface area contributed by atoms with Gasteiger partial charge >= 0.3 is 0 Å². The minimum absolute atomic E-state index is 0.0459. The first-order valence-corrected chi connectivity index (χ1v) is 11.9. The van der Waals surface area contributed by atoms with Crippen molar-refractivity contribution in [3.8, 4) is 27.6 Å². The third-order valence-corrected chi connectivity index (χ3v) is 7.10. The molecule has 4 aromatic rings. The Morgan fingerprint density at radius 3 is 2.45 bits per heavy atom. The fraction of sp³-hybridized carbons (Fsp3) is 0.280. The molecule has 0 spiro atoms. The van der Waals surface area contributed by atoms with Gasteiger partial charge in [0, 0.05) is 46.8 Å². The molecule has 3 heterocycles. The zero-order valence-electron chi connectivity index (χ0n) is 18.8. The zero-order chi connectivity index (χ0) is 23.5. The molecule has 0 saturated heterocycles. The number of carbonyl (C=O) groups is 1. The topological polar surface area (TPSA) is 69.8 Å². The molecule has 0 bridgehead atoms. The molecule has 6 nitrogen and oxygen atoms in total. The van der Waals surface area contributed by atoms with Gasteiger partial charge in [0.2, 0.25) is 0 Å². The highest BCUT2D eigenvalue weighted by molar-refractivity contribution is 7.13. The molecule has 1 aliphatic carbocycles. The van der Waals surface area contributed by atoms with Crippen LogP contribution in [0.1, 0.15) is 42.0 Å². The number of ketones is 1. The SMILES string of the molecule is Cc1cc(-n2c3c(cc(-c4nc(-c5ccc(Cl)cc5)cs4)c2=O)C(=O)CC(C)(C)C3)n(C)n1. The number of hydrogen-bond acceptors (Lipinski definition) is 5. The number of benzene rings is 1. The highest BCUT2D eigenvalue weighted by atomic mass is 35.5. The van der Waals surface area contributed by atoms with Gasteiger partial charge in [0.15, 0.2) is 5.78 Å². The molecule has 0 amide bonds. The van der Waals surface area contributed by atoms with Gasteiger partial charge in [-0.25, -0.2) is 4.98 Å². The number of nitrogens with zero attached hydrogens (tertiary/aromatic N) is 4. The van der Waals surface area contributed by atoms with Crippen LogP contribution < -0.4 is 5.56 Å². The van der Waals surface area contributed by atoms with E-state index < -0.39 is 0 Å². The molecule has 1 aliphatic rings. The van der Waals surface area contributed by atoms with Crippen molar-refractivity contribution in [2.45, 2.75) is 33.6 Å². The molecule has 0 radical (unpaired) electrons. The van der Waals surface area contributed by atoms with Crippen molar-refractivity contribution in [1.82, 2.24) is 19.3 Å². The predicted octanol–water partition coefficient (Wildman–Crippen LogP) is 5.48. The van der Waals surface area contributed by atoms with E-state index >= 15 is 0 Å². The lowest BCUT2D eigenvalue weighted by Gasteiger charge is -2.32. The Morgan fingerprint density at radius 1 is 1.06 bits per heavy atom. The van der Waals surface area contributed by atoms with Gasteiger partial charge in [0.25, 0.3) is 5.56 Å². The van der Waals surface area contributed by atoms with Crippen LogP contribution in [0.25, 0.3) is 27.6 Å². The number of carbonyl (C=O) groups excluding carboxylic acids is 1. The minimum Gasteiger partial charge on any atom is -0.294 e. The third-order valence-electron chi connectivity index (χ3n) is 5.97. The molecule has 1 aromatic carbocycles. The summed E-state index contributed by atoms with van der Waals surface area (Å²) >= 11 is 7.40. The Kier molecular flexibility index (Phi) is 5.14. The second-order valence-electron chi connectivity index (χ2n) is 9.31. The summed E-state index contributed by atoms with van der Waals surface area (Å²) in [6.07, 6.45) is 1.07. The van der Waals surface area contributed by atoms with E-state index in [4.69, 9.17) is 16.6 Å². The van der Waals surface area contributed by atoms with E-state index in [9.17, 15) is 9.59 Å². The number of halogens is 1. The number of fused-ring (bicyclic) bond motifs is 1. The number of thiazole rings is 1. The molecular weight excluding hydrogens is 456 g/mol. The Labute approximate surface area is 200 Å². The second-order valence-corrected chi connectivity index (χ2v) is 10.6. The fourth-order valence-corrected chi connectivity index (χ4v) is 5.43. The highest BCUT2D eigenvalue weighted by Crippen LogP contribution is 2.37. The van der Waals surface area contributed by atoms with Crippen molar-refractivity contribution >= 4 is 28.7 Å². The van der Waals surface area contributed by atoms with Crippen molar-refractivity contribution in [1.29, 1.82) is 0 Å². The quantitative estimate of drug-likeness (QED) is 0.391. The van der Waals surface area contributed by atoms with E-state index in [0.29, 0.717) is 39.8 Å². The molecule has 0 aliphatic heterocycles. The van der Waals surface area contributed by atoms with Crippen LogP contribution in [0.15, 0.2) is 46.6 Å². The van der Waals surface area contributed by atoms with E-state index in [1.165, 1.54) is 11.3 Å². The molecule has 5 rings (SSSR count). The second kappa shape index (κ2) is 7.78. The van der Waals surface area contributed by atoms with Crippen LogP contribution >= 0.6 is 22.9 Å². The molecule has 0 N–H and O–H groups in total. The van der Waals surface area contributed by atoms with Crippen LogP contribution in [0, 0.1) is 12.3 Å². The van der Waals surface area contributed by atoms with Crippen LogP contribution in [-0.4, -0.2) is 25.1 Å². The van der Waals surface area contributed by atoms with E-state index in [-0.39, 0.29) is 16.8 Å². The average Bonchev–Trinajstić information content (AvgIpc) is 3.34. The van der Waals surface area contributed by atoms with Gasteiger partial charge in [-0.2, -0.15) is 5.10 Å². The molecule has 0 saturated carbocycles. The standard InChI is InChI=1S/C25H23ClN4O2S/c1-14-9-22(29(4)28-14)30-20-11-25(2,3)12-21(31)17(20)10-18(24(30)32)23-27-19(13-33-23)15-5-7-16(26)8-6-15/h5-10,13H,11-12H2,1-4H3. The van der Waals surface area contributed by atoms with Gasteiger partial charge in [-0.3, -0.25) is 18.8 Å². The lowest BCUT2D eigenvalue weighted by molar-refractivity contribution is 0.0909. The summed E-state index contributed by atoms with van der Waals surface area (Å²) in [5.74, 6) is 0.695. The first-order valence-electron chi connectivity index (χ1n) is 10.7. The van der Waals surface area contributed by atoms with Gasteiger partial charge in [-0.15, -0.1) is 11.3 Å². The normalized spacial score (nSPS) is 15.0. The lowest BCUT2D eigenvalue weighted by atomic mass is 9.75. The van der Waals surface area contributed by atoms with Crippen LogP contribution in [0.5, 0.6) is 0 Å². The van der Waals surface area contributed by atoms with Crippen molar-refractivity contribution in [2.75, 3.05) is 0 Å².